The lowest BCUT2D eigenvalue weighted by Crippen LogP contribution is -2.35. The molecule has 2 aromatic rings. The zero-order valence-corrected chi connectivity index (χ0v) is 22.0. The summed E-state index contributed by atoms with van der Waals surface area (Å²) in [7, 11) is -0.222. The first-order valence-electron chi connectivity index (χ1n) is 12.4. The van der Waals surface area contributed by atoms with Gasteiger partial charge in [-0.2, -0.15) is 0 Å². The molecule has 34 heavy (non-hydrogen) atoms. The molecule has 1 heterocycles. The van der Waals surface area contributed by atoms with Crippen LogP contribution in [0.15, 0.2) is 42.5 Å². The molecule has 1 unspecified atom stereocenters. The van der Waals surface area contributed by atoms with Crippen molar-refractivity contribution in [3.8, 4) is 5.75 Å². The summed E-state index contributed by atoms with van der Waals surface area (Å²) in [6.07, 6.45) is 7.63. The average molecular weight is 485 g/mol. The van der Waals surface area contributed by atoms with E-state index in [9.17, 15) is 9.59 Å². The Morgan fingerprint density at radius 1 is 1.00 bits per heavy atom. The van der Waals surface area contributed by atoms with Crippen molar-refractivity contribution >= 4 is 24.8 Å². The molecular formula is C28H39NO4P+. The maximum absolute atomic E-state index is 13.7. The molecule has 2 aromatic carbocycles. The number of rotatable bonds is 9. The number of esters is 1. The number of hydrogen-bond acceptors (Lipinski definition) is 4. The molecule has 1 atom stereocenters. The van der Waals surface area contributed by atoms with E-state index >= 15 is 0 Å². The standard InChI is InChI=1S/C28H38NO4P/c1-5-25(28(31)29-27-21(2)17-24(32-4)18-22(27)3)34(15-11-6-7-12-16-34)20-26(30)33-19-23-13-9-8-10-14-23/h8-10,13-14,17-18,25H,5-7,11-12,15-16,19-20H2,1-4H3/p+1. The van der Waals surface area contributed by atoms with E-state index in [2.05, 4.69) is 12.2 Å². The number of benzene rings is 2. The Morgan fingerprint density at radius 3 is 2.18 bits per heavy atom. The molecule has 0 bridgehead atoms. The quantitative estimate of drug-likeness (QED) is 0.332. The van der Waals surface area contributed by atoms with Crippen LogP contribution in [-0.4, -0.2) is 43.1 Å². The second kappa shape index (κ2) is 12.4. The van der Waals surface area contributed by atoms with Gasteiger partial charge in [0.1, 0.15) is 18.0 Å². The van der Waals surface area contributed by atoms with Crippen molar-refractivity contribution in [3.63, 3.8) is 0 Å². The highest BCUT2D eigenvalue weighted by molar-refractivity contribution is 7.78. The molecule has 6 heteroatoms. The predicted octanol–water partition coefficient (Wildman–Crippen LogP) is 6.36. The maximum Gasteiger partial charge on any atom is 0.344 e. The van der Waals surface area contributed by atoms with Gasteiger partial charge in [-0.25, -0.2) is 4.79 Å². The summed E-state index contributed by atoms with van der Waals surface area (Å²) in [5.41, 5.74) is 3.66. The number of nitrogens with one attached hydrogen (secondary N) is 1. The number of methoxy groups -OCH3 is 1. The SMILES string of the molecule is CCC(C(=O)Nc1c(C)cc(OC)cc1C)[P+]1(CC(=O)OCc2ccccc2)CCCCCC1. The molecular weight excluding hydrogens is 445 g/mol. The number of carbonyl (C=O) groups excluding carboxylic acids is 2. The van der Waals surface area contributed by atoms with E-state index in [0.29, 0.717) is 6.16 Å². The fraction of sp³-hybridized carbons (Fsp3) is 0.500. The van der Waals surface area contributed by atoms with Gasteiger partial charge >= 0.3 is 5.97 Å². The van der Waals surface area contributed by atoms with E-state index in [4.69, 9.17) is 9.47 Å². The van der Waals surface area contributed by atoms with Crippen LogP contribution in [-0.2, 0) is 20.9 Å². The lowest BCUT2D eigenvalue weighted by atomic mass is 10.1. The molecule has 1 amide bonds. The van der Waals surface area contributed by atoms with E-state index in [-0.39, 0.29) is 24.1 Å². The van der Waals surface area contributed by atoms with Crippen molar-refractivity contribution in [2.24, 2.45) is 0 Å². The zero-order valence-electron chi connectivity index (χ0n) is 21.1. The third-order valence-electron chi connectivity index (χ3n) is 6.98. The lowest BCUT2D eigenvalue weighted by Gasteiger charge is -2.32. The second-order valence-electron chi connectivity index (χ2n) is 9.43. The maximum atomic E-state index is 13.7. The molecule has 0 aromatic heterocycles. The molecule has 0 saturated carbocycles. The Balaban J connectivity index is 1.79. The van der Waals surface area contributed by atoms with Crippen LogP contribution in [0.5, 0.6) is 5.75 Å². The molecule has 1 aliphatic heterocycles. The highest BCUT2D eigenvalue weighted by Crippen LogP contribution is 2.66. The van der Waals surface area contributed by atoms with E-state index in [0.717, 1.165) is 59.7 Å². The normalized spacial score (nSPS) is 16.2. The number of carbonyl (C=O) groups is 2. The topological polar surface area (TPSA) is 64.6 Å². The van der Waals surface area contributed by atoms with Crippen molar-refractivity contribution < 1.29 is 19.1 Å². The summed E-state index contributed by atoms with van der Waals surface area (Å²) in [4.78, 5) is 26.8. The molecule has 3 rings (SSSR count). The summed E-state index contributed by atoms with van der Waals surface area (Å²) in [6, 6.07) is 13.7. The van der Waals surface area contributed by atoms with E-state index in [1.54, 1.807) is 7.11 Å². The number of anilines is 1. The third kappa shape index (κ3) is 6.60. The van der Waals surface area contributed by atoms with Gasteiger partial charge < -0.3 is 14.8 Å². The van der Waals surface area contributed by atoms with Crippen LogP contribution < -0.4 is 10.1 Å². The van der Waals surface area contributed by atoms with Gasteiger partial charge in [-0.1, -0.05) is 37.3 Å². The fourth-order valence-electron chi connectivity index (χ4n) is 5.21. The number of ether oxygens (including phenoxy) is 2. The van der Waals surface area contributed by atoms with E-state index in [1.807, 2.05) is 56.3 Å². The number of amides is 1. The van der Waals surface area contributed by atoms with Crippen molar-refractivity contribution in [3.05, 3.63) is 59.2 Å². The molecule has 184 valence electrons. The van der Waals surface area contributed by atoms with Gasteiger partial charge in [-0.05, 0) is 74.8 Å². The van der Waals surface area contributed by atoms with Crippen LogP contribution in [0.3, 0.4) is 0 Å². The van der Waals surface area contributed by atoms with E-state index < -0.39 is 7.26 Å². The van der Waals surface area contributed by atoms with Crippen LogP contribution >= 0.6 is 7.26 Å². The Bertz CT molecular complexity index is 945. The Hall–Kier alpha value is -2.39. The van der Waals surface area contributed by atoms with Gasteiger partial charge in [0.05, 0.1) is 19.4 Å². The highest BCUT2D eigenvalue weighted by Gasteiger charge is 2.50. The summed E-state index contributed by atoms with van der Waals surface area (Å²) >= 11 is 0. The van der Waals surface area contributed by atoms with E-state index in [1.165, 1.54) is 12.8 Å². The van der Waals surface area contributed by atoms with Crippen LogP contribution in [0.4, 0.5) is 5.69 Å². The summed E-state index contributed by atoms with van der Waals surface area (Å²) in [5, 5.41) is 3.24. The van der Waals surface area contributed by atoms with Crippen LogP contribution in [0.1, 0.15) is 55.7 Å². The van der Waals surface area contributed by atoms with Crippen molar-refractivity contribution in [1.29, 1.82) is 0 Å². The van der Waals surface area contributed by atoms with Crippen molar-refractivity contribution in [2.75, 3.05) is 30.9 Å². The van der Waals surface area contributed by atoms with Gasteiger partial charge in [0.15, 0.2) is 6.16 Å². The number of hydrogen-bond donors (Lipinski definition) is 1. The zero-order chi connectivity index (χ0) is 24.6. The minimum absolute atomic E-state index is 0.0463. The number of aryl methyl sites for hydroxylation is 2. The first-order valence-corrected chi connectivity index (χ1v) is 14.8. The fourth-order valence-corrected chi connectivity index (χ4v) is 10.2. The highest BCUT2D eigenvalue weighted by atomic mass is 31.2. The monoisotopic (exact) mass is 484 g/mol. The second-order valence-corrected chi connectivity index (χ2v) is 13.7. The van der Waals surface area contributed by atoms with Crippen LogP contribution in [0.25, 0.3) is 0 Å². The molecule has 1 fully saturated rings. The minimum atomic E-state index is -1.87. The predicted molar refractivity (Wildman–Crippen MR) is 141 cm³/mol. The van der Waals surface area contributed by atoms with Crippen molar-refractivity contribution in [1.82, 2.24) is 0 Å². The summed E-state index contributed by atoms with van der Waals surface area (Å²) < 4.78 is 11.1. The molecule has 1 saturated heterocycles. The summed E-state index contributed by atoms with van der Waals surface area (Å²) in [6.45, 7) is 6.35. The van der Waals surface area contributed by atoms with Crippen LogP contribution in [0, 0.1) is 13.8 Å². The van der Waals surface area contributed by atoms with Crippen LogP contribution in [0.2, 0.25) is 0 Å². The Labute approximate surface area is 205 Å². The first kappa shape index (κ1) is 26.2. The molecule has 0 radical (unpaired) electrons. The third-order valence-corrected chi connectivity index (χ3v) is 12.2. The van der Waals surface area contributed by atoms with Gasteiger partial charge in [0.2, 0.25) is 0 Å². The smallest absolute Gasteiger partial charge is 0.344 e. The Morgan fingerprint density at radius 2 is 1.62 bits per heavy atom. The van der Waals surface area contributed by atoms with Gasteiger partial charge in [-0.3, -0.25) is 4.79 Å². The molecule has 5 nitrogen and oxygen atoms in total. The Kier molecular flexibility index (Phi) is 9.53. The van der Waals surface area contributed by atoms with Gasteiger partial charge in [-0.15, -0.1) is 0 Å². The molecule has 1 aliphatic rings. The van der Waals surface area contributed by atoms with Crippen molar-refractivity contribution in [2.45, 2.75) is 65.1 Å². The molecule has 0 spiro atoms. The van der Waals surface area contributed by atoms with Gasteiger partial charge in [0.25, 0.3) is 5.91 Å². The summed E-state index contributed by atoms with van der Waals surface area (Å²) in [5.74, 6) is 0.668. The largest absolute Gasteiger partial charge is 0.497 e. The molecule has 1 N–H and O–H groups in total. The first-order chi connectivity index (χ1) is 16.4. The molecule has 0 aliphatic carbocycles. The van der Waals surface area contributed by atoms with Gasteiger partial charge in [0, 0.05) is 12.9 Å². The minimum Gasteiger partial charge on any atom is -0.497 e. The average Bonchev–Trinajstić information content (AvgIpc) is 3.07. The lowest BCUT2D eigenvalue weighted by molar-refractivity contribution is -0.141.